The number of imidazole rings is 1. The van der Waals surface area contributed by atoms with E-state index >= 15 is 0 Å². The standard InChI is InChI=1S/C15H22N4/c1-11(2)19-13(10-15(16)7-3-4-8-15)18-12-6-5-9-17-14(12)19/h5-6,9,11H,3-4,7-8,10,16H2,1-2H3. The lowest BCUT2D eigenvalue weighted by Gasteiger charge is -2.24. The normalized spacial score (nSPS) is 18.5. The smallest absolute Gasteiger partial charge is 0.160 e. The molecule has 4 heteroatoms. The van der Waals surface area contributed by atoms with Crippen LogP contribution in [-0.4, -0.2) is 20.1 Å². The highest BCUT2D eigenvalue weighted by molar-refractivity contribution is 5.71. The Morgan fingerprint density at radius 3 is 2.79 bits per heavy atom. The van der Waals surface area contributed by atoms with E-state index in [4.69, 9.17) is 10.7 Å². The molecule has 2 aromatic heterocycles. The van der Waals surface area contributed by atoms with Crippen LogP contribution in [0.1, 0.15) is 51.4 Å². The summed E-state index contributed by atoms with van der Waals surface area (Å²) in [6.45, 7) is 4.36. The van der Waals surface area contributed by atoms with Gasteiger partial charge >= 0.3 is 0 Å². The minimum atomic E-state index is -0.0615. The van der Waals surface area contributed by atoms with E-state index in [0.29, 0.717) is 6.04 Å². The number of fused-ring (bicyclic) bond motifs is 1. The van der Waals surface area contributed by atoms with Gasteiger partial charge in [0.1, 0.15) is 11.3 Å². The summed E-state index contributed by atoms with van der Waals surface area (Å²) < 4.78 is 2.24. The van der Waals surface area contributed by atoms with E-state index in [9.17, 15) is 0 Å². The van der Waals surface area contributed by atoms with Crippen LogP contribution in [0.25, 0.3) is 11.2 Å². The number of rotatable bonds is 3. The van der Waals surface area contributed by atoms with Crippen LogP contribution in [0, 0.1) is 0 Å². The van der Waals surface area contributed by atoms with Gasteiger partial charge in [-0.2, -0.15) is 0 Å². The highest BCUT2D eigenvalue weighted by Gasteiger charge is 2.31. The molecule has 0 aromatic carbocycles. The Kier molecular flexibility index (Phi) is 3.05. The fourth-order valence-corrected chi connectivity index (χ4v) is 3.21. The molecule has 1 saturated carbocycles. The van der Waals surface area contributed by atoms with E-state index in [1.54, 1.807) is 0 Å². The Labute approximate surface area is 114 Å². The van der Waals surface area contributed by atoms with E-state index in [1.165, 1.54) is 12.8 Å². The van der Waals surface area contributed by atoms with Gasteiger partial charge in [-0.15, -0.1) is 0 Å². The first-order valence-corrected chi connectivity index (χ1v) is 7.20. The van der Waals surface area contributed by atoms with E-state index in [-0.39, 0.29) is 5.54 Å². The fourth-order valence-electron chi connectivity index (χ4n) is 3.21. The van der Waals surface area contributed by atoms with Gasteiger partial charge in [0.05, 0.1) is 0 Å². The zero-order valence-electron chi connectivity index (χ0n) is 11.8. The molecule has 0 bridgehead atoms. The molecule has 2 N–H and O–H groups in total. The zero-order chi connectivity index (χ0) is 13.5. The second kappa shape index (κ2) is 4.60. The summed E-state index contributed by atoms with van der Waals surface area (Å²) >= 11 is 0. The molecular weight excluding hydrogens is 236 g/mol. The van der Waals surface area contributed by atoms with Crippen LogP contribution in [0.3, 0.4) is 0 Å². The fraction of sp³-hybridized carbons (Fsp3) is 0.600. The van der Waals surface area contributed by atoms with Crippen molar-refractivity contribution in [2.45, 2.75) is 57.5 Å². The predicted molar refractivity (Wildman–Crippen MR) is 77.0 cm³/mol. The summed E-state index contributed by atoms with van der Waals surface area (Å²) in [4.78, 5) is 9.24. The summed E-state index contributed by atoms with van der Waals surface area (Å²) in [5, 5.41) is 0. The maximum Gasteiger partial charge on any atom is 0.160 e. The van der Waals surface area contributed by atoms with Gasteiger partial charge in [-0.3, -0.25) is 0 Å². The maximum atomic E-state index is 6.51. The predicted octanol–water partition coefficient (Wildman–Crippen LogP) is 2.83. The van der Waals surface area contributed by atoms with Gasteiger partial charge in [-0.25, -0.2) is 9.97 Å². The first-order chi connectivity index (χ1) is 9.09. The highest BCUT2D eigenvalue weighted by Crippen LogP contribution is 2.31. The molecule has 102 valence electrons. The average Bonchev–Trinajstić information content (AvgIpc) is 2.92. The molecule has 19 heavy (non-hydrogen) atoms. The zero-order valence-corrected chi connectivity index (χ0v) is 11.8. The highest BCUT2D eigenvalue weighted by atomic mass is 15.1. The number of nitrogens with two attached hydrogens (primary N) is 1. The average molecular weight is 258 g/mol. The molecule has 0 aliphatic heterocycles. The second-order valence-corrected chi connectivity index (χ2v) is 6.08. The van der Waals surface area contributed by atoms with E-state index in [2.05, 4.69) is 23.4 Å². The molecule has 0 amide bonds. The van der Waals surface area contributed by atoms with E-state index in [0.717, 1.165) is 36.3 Å². The number of pyridine rings is 1. The molecule has 0 saturated heterocycles. The van der Waals surface area contributed by atoms with Crippen LogP contribution < -0.4 is 5.73 Å². The van der Waals surface area contributed by atoms with Crippen molar-refractivity contribution in [1.29, 1.82) is 0 Å². The monoisotopic (exact) mass is 258 g/mol. The van der Waals surface area contributed by atoms with Crippen molar-refractivity contribution in [2.75, 3.05) is 0 Å². The van der Waals surface area contributed by atoms with Crippen molar-refractivity contribution >= 4 is 11.2 Å². The quantitative estimate of drug-likeness (QED) is 0.921. The van der Waals surface area contributed by atoms with E-state index in [1.807, 2.05) is 18.3 Å². The van der Waals surface area contributed by atoms with Gasteiger partial charge in [-0.05, 0) is 38.8 Å². The van der Waals surface area contributed by atoms with Crippen LogP contribution in [0.4, 0.5) is 0 Å². The molecule has 0 radical (unpaired) electrons. The van der Waals surface area contributed by atoms with Crippen molar-refractivity contribution in [3.63, 3.8) is 0 Å². The van der Waals surface area contributed by atoms with Crippen LogP contribution in [0.2, 0.25) is 0 Å². The lowest BCUT2D eigenvalue weighted by Crippen LogP contribution is -2.39. The largest absolute Gasteiger partial charge is 0.325 e. The van der Waals surface area contributed by atoms with Gasteiger partial charge in [0.15, 0.2) is 5.65 Å². The molecule has 4 nitrogen and oxygen atoms in total. The van der Waals surface area contributed by atoms with Crippen LogP contribution in [0.5, 0.6) is 0 Å². The molecule has 0 spiro atoms. The SMILES string of the molecule is CC(C)n1c(CC2(N)CCCC2)nc2cccnc21. The molecule has 1 aliphatic rings. The molecule has 2 heterocycles. The topological polar surface area (TPSA) is 56.7 Å². The Balaban J connectivity index is 2.04. The van der Waals surface area contributed by atoms with Crippen LogP contribution >= 0.6 is 0 Å². The number of hydrogen-bond donors (Lipinski definition) is 1. The first kappa shape index (κ1) is 12.6. The van der Waals surface area contributed by atoms with Crippen molar-refractivity contribution < 1.29 is 0 Å². The van der Waals surface area contributed by atoms with Gasteiger partial charge in [0, 0.05) is 24.2 Å². The first-order valence-electron chi connectivity index (χ1n) is 7.20. The Hall–Kier alpha value is -1.42. The maximum absolute atomic E-state index is 6.51. The molecule has 1 aliphatic carbocycles. The minimum absolute atomic E-state index is 0.0615. The number of aromatic nitrogens is 3. The van der Waals surface area contributed by atoms with Gasteiger partial charge < -0.3 is 10.3 Å². The second-order valence-electron chi connectivity index (χ2n) is 6.08. The third-order valence-electron chi connectivity index (χ3n) is 4.15. The lowest BCUT2D eigenvalue weighted by atomic mass is 9.94. The van der Waals surface area contributed by atoms with Crippen molar-refractivity contribution in [3.8, 4) is 0 Å². The van der Waals surface area contributed by atoms with Crippen molar-refractivity contribution in [2.24, 2.45) is 5.73 Å². The third kappa shape index (κ3) is 2.25. The van der Waals surface area contributed by atoms with Crippen LogP contribution in [-0.2, 0) is 6.42 Å². The third-order valence-corrected chi connectivity index (χ3v) is 4.15. The van der Waals surface area contributed by atoms with Gasteiger partial charge in [-0.1, -0.05) is 12.8 Å². The molecule has 1 fully saturated rings. The lowest BCUT2D eigenvalue weighted by molar-refractivity contribution is 0.412. The minimum Gasteiger partial charge on any atom is -0.325 e. The van der Waals surface area contributed by atoms with Crippen molar-refractivity contribution in [1.82, 2.24) is 14.5 Å². The Morgan fingerprint density at radius 1 is 1.37 bits per heavy atom. The van der Waals surface area contributed by atoms with Gasteiger partial charge in [0.2, 0.25) is 0 Å². The number of hydrogen-bond acceptors (Lipinski definition) is 3. The molecule has 0 unspecified atom stereocenters. The Morgan fingerprint density at radius 2 is 2.11 bits per heavy atom. The summed E-state index contributed by atoms with van der Waals surface area (Å²) in [6.07, 6.45) is 7.42. The molecule has 0 atom stereocenters. The van der Waals surface area contributed by atoms with Gasteiger partial charge in [0.25, 0.3) is 0 Å². The van der Waals surface area contributed by atoms with E-state index < -0.39 is 0 Å². The van der Waals surface area contributed by atoms with Crippen LogP contribution in [0.15, 0.2) is 18.3 Å². The molecule has 2 aromatic rings. The summed E-state index contributed by atoms with van der Waals surface area (Å²) in [5.41, 5.74) is 8.41. The number of nitrogens with zero attached hydrogens (tertiary/aromatic N) is 3. The Bertz CT molecular complexity index is 579. The summed E-state index contributed by atoms with van der Waals surface area (Å²) in [5.74, 6) is 1.09. The summed E-state index contributed by atoms with van der Waals surface area (Å²) in [7, 11) is 0. The molecule has 3 rings (SSSR count). The molecular formula is C15H22N4. The van der Waals surface area contributed by atoms with Crippen molar-refractivity contribution in [3.05, 3.63) is 24.2 Å². The summed E-state index contributed by atoms with van der Waals surface area (Å²) in [6, 6.07) is 4.33.